The van der Waals surface area contributed by atoms with Gasteiger partial charge >= 0.3 is 0 Å². The number of rotatable bonds is 6. The zero-order chi connectivity index (χ0) is 15.2. The molecular weight excluding hydrogens is 266 g/mol. The first-order valence-corrected chi connectivity index (χ1v) is 7.00. The van der Waals surface area contributed by atoms with E-state index in [2.05, 4.69) is 5.10 Å². The molecule has 0 fully saturated rings. The van der Waals surface area contributed by atoms with Crippen molar-refractivity contribution in [2.45, 2.75) is 26.4 Å². The molecule has 0 aliphatic carbocycles. The molecule has 0 spiro atoms. The van der Waals surface area contributed by atoms with E-state index in [0.29, 0.717) is 13.0 Å². The molecule has 0 N–H and O–H groups in total. The summed E-state index contributed by atoms with van der Waals surface area (Å²) in [5, 5.41) is 4.21. The quantitative estimate of drug-likeness (QED) is 0.817. The van der Waals surface area contributed by atoms with Crippen LogP contribution in [-0.4, -0.2) is 34.7 Å². The molecule has 112 valence electrons. The Labute approximate surface area is 125 Å². The average Bonchev–Trinajstić information content (AvgIpc) is 2.95. The number of benzene rings is 1. The Morgan fingerprint density at radius 2 is 2.00 bits per heavy atom. The van der Waals surface area contributed by atoms with Gasteiger partial charge < -0.3 is 9.64 Å². The predicted octanol–water partition coefficient (Wildman–Crippen LogP) is 2.11. The van der Waals surface area contributed by atoms with Crippen LogP contribution < -0.4 is 4.74 Å². The van der Waals surface area contributed by atoms with Crippen molar-refractivity contribution in [1.29, 1.82) is 0 Å². The summed E-state index contributed by atoms with van der Waals surface area (Å²) in [6.45, 7) is 3.45. The SMILES string of the molecule is CCn1cc(CN(C)C(=O)Cc2ccc(OC)cc2)cn1. The predicted molar refractivity (Wildman–Crippen MR) is 81.1 cm³/mol. The molecule has 0 atom stereocenters. The highest BCUT2D eigenvalue weighted by atomic mass is 16.5. The number of amides is 1. The van der Waals surface area contributed by atoms with Crippen LogP contribution in [0.1, 0.15) is 18.1 Å². The molecule has 2 aromatic rings. The van der Waals surface area contributed by atoms with E-state index >= 15 is 0 Å². The number of nitrogens with zero attached hydrogens (tertiary/aromatic N) is 3. The van der Waals surface area contributed by atoms with Crippen LogP contribution in [0.25, 0.3) is 0 Å². The largest absolute Gasteiger partial charge is 0.497 e. The second-order valence-electron chi connectivity index (χ2n) is 4.98. The van der Waals surface area contributed by atoms with Crippen molar-refractivity contribution in [2.24, 2.45) is 0 Å². The number of aromatic nitrogens is 2. The molecular formula is C16H21N3O2. The normalized spacial score (nSPS) is 10.4. The van der Waals surface area contributed by atoms with Gasteiger partial charge in [0.1, 0.15) is 5.75 Å². The van der Waals surface area contributed by atoms with Crippen LogP contribution in [-0.2, 0) is 24.3 Å². The summed E-state index contributed by atoms with van der Waals surface area (Å²) >= 11 is 0. The number of aryl methyl sites for hydroxylation is 1. The van der Waals surface area contributed by atoms with Crippen LogP contribution in [0.15, 0.2) is 36.7 Å². The number of methoxy groups -OCH3 is 1. The van der Waals surface area contributed by atoms with E-state index in [4.69, 9.17) is 4.74 Å². The number of carbonyl (C=O) groups excluding carboxylic acids is 1. The van der Waals surface area contributed by atoms with Gasteiger partial charge in [-0.15, -0.1) is 0 Å². The number of ether oxygens (including phenoxy) is 1. The van der Waals surface area contributed by atoms with Gasteiger partial charge in [-0.25, -0.2) is 0 Å². The van der Waals surface area contributed by atoms with Crippen LogP contribution in [0.4, 0.5) is 0 Å². The standard InChI is InChI=1S/C16H21N3O2/c1-4-19-12-14(10-17-19)11-18(2)16(20)9-13-5-7-15(21-3)8-6-13/h5-8,10,12H,4,9,11H2,1-3H3. The van der Waals surface area contributed by atoms with Gasteiger partial charge in [-0.3, -0.25) is 9.48 Å². The van der Waals surface area contributed by atoms with E-state index in [-0.39, 0.29) is 5.91 Å². The van der Waals surface area contributed by atoms with Crippen LogP contribution >= 0.6 is 0 Å². The summed E-state index contributed by atoms with van der Waals surface area (Å²) in [7, 11) is 3.44. The van der Waals surface area contributed by atoms with E-state index in [0.717, 1.165) is 23.4 Å². The molecule has 2 rings (SSSR count). The minimum absolute atomic E-state index is 0.0874. The molecule has 1 aromatic heterocycles. The van der Waals surface area contributed by atoms with Crippen LogP contribution in [0, 0.1) is 0 Å². The van der Waals surface area contributed by atoms with Gasteiger partial charge in [-0.05, 0) is 24.6 Å². The number of carbonyl (C=O) groups is 1. The van der Waals surface area contributed by atoms with Gasteiger partial charge in [0.25, 0.3) is 0 Å². The maximum atomic E-state index is 12.2. The number of hydrogen-bond donors (Lipinski definition) is 0. The molecule has 0 saturated heterocycles. The lowest BCUT2D eigenvalue weighted by atomic mass is 10.1. The molecule has 0 aliphatic heterocycles. The lowest BCUT2D eigenvalue weighted by Gasteiger charge is -2.16. The van der Waals surface area contributed by atoms with Crippen molar-refractivity contribution in [2.75, 3.05) is 14.2 Å². The van der Waals surface area contributed by atoms with E-state index in [1.54, 1.807) is 18.2 Å². The summed E-state index contributed by atoms with van der Waals surface area (Å²) in [5.41, 5.74) is 2.03. The molecule has 0 aliphatic rings. The van der Waals surface area contributed by atoms with Crippen LogP contribution in [0.3, 0.4) is 0 Å². The molecule has 21 heavy (non-hydrogen) atoms. The van der Waals surface area contributed by atoms with Crippen molar-refractivity contribution in [1.82, 2.24) is 14.7 Å². The summed E-state index contributed by atoms with van der Waals surface area (Å²) in [6.07, 6.45) is 4.17. The summed E-state index contributed by atoms with van der Waals surface area (Å²) in [6, 6.07) is 7.57. The van der Waals surface area contributed by atoms with Crippen molar-refractivity contribution < 1.29 is 9.53 Å². The molecule has 0 radical (unpaired) electrons. The fourth-order valence-electron chi connectivity index (χ4n) is 2.08. The molecule has 1 amide bonds. The Kier molecular flexibility index (Phi) is 4.98. The van der Waals surface area contributed by atoms with Crippen molar-refractivity contribution in [3.63, 3.8) is 0 Å². The second-order valence-corrected chi connectivity index (χ2v) is 4.98. The topological polar surface area (TPSA) is 47.4 Å². The monoisotopic (exact) mass is 287 g/mol. The third-order valence-corrected chi connectivity index (χ3v) is 3.37. The van der Waals surface area contributed by atoms with Crippen LogP contribution in [0.5, 0.6) is 5.75 Å². The number of likely N-dealkylation sites (N-methyl/N-ethyl adjacent to an activating group) is 1. The highest BCUT2D eigenvalue weighted by Gasteiger charge is 2.11. The summed E-state index contributed by atoms with van der Waals surface area (Å²) in [5.74, 6) is 0.885. The Bertz CT molecular complexity index is 590. The third kappa shape index (κ3) is 4.08. The molecule has 1 heterocycles. The Morgan fingerprint density at radius 3 is 2.57 bits per heavy atom. The fraction of sp³-hybridized carbons (Fsp3) is 0.375. The van der Waals surface area contributed by atoms with Crippen molar-refractivity contribution in [3.8, 4) is 5.75 Å². The van der Waals surface area contributed by atoms with Gasteiger partial charge in [0, 0.05) is 31.9 Å². The maximum Gasteiger partial charge on any atom is 0.227 e. The summed E-state index contributed by atoms with van der Waals surface area (Å²) in [4.78, 5) is 13.9. The van der Waals surface area contributed by atoms with Crippen molar-refractivity contribution >= 4 is 5.91 Å². The zero-order valence-electron chi connectivity index (χ0n) is 12.7. The first-order chi connectivity index (χ1) is 10.1. The first kappa shape index (κ1) is 15.1. The minimum atomic E-state index is 0.0874. The van der Waals surface area contributed by atoms with E-state index in [1.165, 1.54) is 0 Å². The van der Waals surface area contributed by atoms with E-state index in [9.17, 15) is 4.79 Å². The third-order valence-electron chi connectivity index (χ3n) is 3.37. The molecule has 1 aromatic carbocycles. The van der Waals surface area contributed by atoms with Gasteiger partial charge in [0.2, 0.25) is 5.91 Å². The zero-order valence-corrected chi connectivity index (χ0v) is 12.7. The lowest BCUT2D eigenvalue weighted by Crippen LogP contribution is -2.27. The fourth-order valence-corrected chi connectivity index (χ4v) is 2.08. The van der Waals surface area contributed by atoms with Gasteiger partial charge in [-0.2, -0.15) is 5.10 Å². The Hall–Kier alpha value is -2.30. The maximum absolute atomic E-state index is 12.2. The smallest absolute Gasteiger partial charge is 0.227 e. The minimum Gasteiger partial charge on any atom is -0.497 e. The van der Waals surface area contributed by atoms with Crippen molar-refractivity contribution in [3.05, 3.63) is 47.8 Å². The van der Waals surface area contributed by atoms with Gasteiger partial charge in [-0.1, -0.05) is 12.1 Å². The summed E-state index contributed by atoms with van der Waals surface area (Å²) < 4.78 is 6.97. The molecule has 5 heteroatoms. The first-order valence-electron chi connectivity index (χ1n) is 7.00. The van der Waals surface area contributed by atoms with E-state index in [1.807, 2.05) is 49.1 Å². The second kappa shape index (κ2) is 6.92. The molecule has 0 saturated carbocycles. The molecule has 5 nitrogen and oxygen atoms in total. The highest BCUT2D eigenvalue weighted by Crippen LogP contribution is 2.12. The van der Waals surface area contributed by atoms with Gasteiger partial charge in [0.05, 0.1) is 19.7 Å². The van der Waals surface area contributed by atoms with Gasteiger partial charge in [0.15, 0.2) is 0 Å². The molecule has 0 bridgehead atoms. The highest BCUT2D eigenvalue weighted by molar-refractivity contribution is 5.78. The average molecular weight is 287 g/mol. The number of hydrogen-bond acceptors (Lipinski definition) is 3. The van der Waals surface area contributed by atoms with E-state index < -0.39 is 0 Å². The Morgan fingerprint density at radius 1 is 1.29 bits per heavy atom. The molecule has 0 unspecified atom stereocenters. The van der Waals surface area contributed by atoms with Crippen LogP contribution in [0.2, 0.25) is 0 Å². The Balaban J connectivity index is 1.92. The lowest BCUT2D eigenvalue weighted by molar-refractivity contribution is -0.129.